The Labute approximate surface area is 174 Å². The van der Waals surface area contributed by atoms with E-state index in [1.807, 2.05) is 19.0 Å². The van der Waals surface area contributed by atoms with E-state index >= 15 is 0 Å². The number of aromatic nitrogens is 3. The van der Waals surface area contributed by atoms with Gasteiger partial charge in [-0.1, -0.05) is 0 Å². The fourth-order valence-electron chi connectivity index (χ4n) is 2.67. The van der Waals surface area contributed by atoms with E-state index in [-0.39, 0.29) is 5.91 Å². The maximum Gasteiger partial charge on any atom is 0.251 e. The maximum atomic E-state index is 13.4. The first-order valence-electron chi connectivity index (χ1n) is 9.29. The second-order valence-electron chi connectivity index (χ2n) is 6.74. The van der Waals surface area contributed by atoms with Crippen LogP contribution in [-0.4, -0.2) is 60.1 Å². The number of benzene rings is 2. The fourth-order valence-corrected chi connectivity index (χ4v) is 2.67. The Morgan fingerprint density at radius 2 is 1.90 bits per heavy atom. The third kappa shape index (κ3) is 5.48. The average molecular weight is 410 g/mol. The van der Waals surface area contributed by atoms with Gasteiger partial charge in [-0.05, 0) is 50.5 Å². The zero-order valence-corrected chi connectivity index (χ0v) is 17.0. The van der Waals surface area contributed by atoms with E-state index in [1.165, 1.54) is 25.6 Å². The van der Waals surface area contributed by atoms with Gasteiger partial charge in [0.05, 0.1) is 12.7 Å². The lowest BCUT2D eigenvalue weighted by atomic mass is 10.2. The first kappa shape index (κ1) is 21.1. The summed E-state index contributed by atoms with van der Waals surface area (Å²) in [6, 6.07) is 11.1. The summed E-state index contributed by atoms with van der Waals surface area (Å²) in [6.07, 6.45) is 1.36. The van der Waals surface area contributed by atoms with Crippen LogP contribution in [0.15, 0.2) is 48.8 Å². The summed E-state index contributed by atoms with van der Waals surface area (Å²) < 4.78 is 18.6. The van der Waals surface area contributed by atoms with E-state index in [4.69, 9.17) is 4.74 Å². The van der Waals surface area contributed by atoms with Gasteiger partial charge in [0.2, 0.25) is 5.95 Å². The maximum absolute atomic E-state index is 13.4. The summed E-state index contributed by atoms with van der Waals surface area (Å²) in [5.74, 6) is 0.454. The molecule has 2 N–H and O–H groups in total. The average Bonchev–Trinajstić information content (AvgIpc) is 2.74. The molecule has 0 aliphatic carbocycles. The van der Waals surface area contributed by atoms with Crippen molar-refractivity contribution in [3.05, 3.63) is 60.2 Å². The highest BCUT2D eigenvalue weighted by Gasteiger charge is 2.12. The Bertz CT molecular complexity index is 1010. The van der Waals surface area contributed by atoms with Gasteiger partial charge in [-0.25, -0.2) is 14.4 Å². The third-order valence-corrected chi connectivity index (χ3v) is 4.22. The number of ether oxygens (including phenoxy) is 1. The molecule has 0 saturated heterocycles. The fraction of sp³-hybridized carbons (Fsp3) is 0.238. The van der Waals surface area contributed by atoms with Crippen molar-refractivity contribution in [3.8, 4) is 17.1 Å². The number of halogens is 1. The van der Waals surface area contributed by atoms with Crippen LogP contribution in [0.25, 0.3) is 11.4 Å². The van der Waals surface area contributed by atoms with Gasteiger partial charge in [-0.3, -0.25) is 4.79 Å². The highest BCUT2D eigenvalue weighted by atomic mass is 19.1. The van der Waals surface area contributed by atoms with Crippen molar-refractivity contribution in [2.24, 2.45) is 0 Å². The molecule has 8 nitrogen and oxygen atoms in total. The van der Waals surface area contributed by atoms with Crippen LogP contribution in [0.3, 0.4) is 0 Å². The summed E-state index contributed by atoms with van der Waals surface area (Å²) in [4.78, 5) is 26.8. The van der Waals surface area contributed by atoms with Crippen molar-refractivity contribution in [2.75, 3.05) is 39.6 Å². The van der Waals surface area contributed by atoms with Crippen LogP contribution >= 0.6 is 0 Å². The molecule has 0 fully saturated rings. The summed E-state index contributed by atoms with van der Waals surface area (Å²) in [5, 5.41) is 5.94. The second kappa shape index (κ2) is 9.75. The number of nitrogens with one attached hydrogen (secondary N) is 2. The Morgan fingerprint density at radius 3 is 2.60 bits per heavy atom. The monoisotopic (exact) mass is 410 g/mol. The van der Waals surface area contributed by atoms with Crippen molar-refractivity contribution in [1.29, 1.82) is 0 Å². The van der Waals surface area contributed by atoms with Gasteiger partial charge in [0.25, 0.3) is 5.91 Å². The van der Waals surface area contributed by atoms with Gasteiger partial charge in [0.15, 0.2) is 5.82 Å². The number of nitrogens with zero attached hydrogens (tertiary/aromatic N) is 4. The van der Waals surface area contributed by atoms with Crippen LogP contribution in [0.4, 0.5) is 16.0 Å². The molecule has 30 heavy (non-hydrogen) atoms. The van der Waals surface area contributed by atoms with Crippen LogP contribution in [0.1, 0.15) is 10.4 Å². The molecule has 3 rings (SSSR count). The molecule has 2 aromatic carbocycles. The van der Waals surface area contributed by atoms with Crippen molar-refractivity contribution < 1.29 is 13.9 Å². The van der Waals surface area contributed by atoms with Crippen LogP contribution in [0.5, 0.6) is 5.75 Å². The van der Waals surface area contributed by atoms with Crippen LogP contribution in [0, 0.1) is 5.82 Å². The van der Waals surface area contributed by atoms with E-state index in [1.54, 1.807) is 30.3 Å². The molecule has 0 aliphatic rings. The van der Waals surface area contributed by atoms with Gasteiger partial charge in [0.1, 0.15) is 17.9 Å². The molecule has 0 unspecified atom stereocenters. The number of carbonyl (C=O) groups is 1. The molecular weight excluding hydrogens is 387 g/mol. The summed E-state index contributed by atoms with van der Waals surface area (Å²) in [6.45, 7) is 1.35. The normalized spacial score (nSPS) is 10.7. The lowest BCUT2D eigenvalue weighted by molar-refractivity contribution is 0.0951. The van der Waals surface area contributed by atoms with Crippen molar-refractivity contribution >= 4 is 17.5 Å². The Hall–Kier alpha value is -3.59. The number of anilines is 2. The first-order valence-corrected chi connectivity index (χ1v) is 9.29. The minimum atomic E-state index is -0.408. The SMILES string of the molecule is COc1cc(F)ccc1-c1ncnc(Nc2ccc(C(=O)NCCN(C)C)cc2)n1. The number of methoxy groups -OCH3 is 1. The molecule has 3 aromatic rings. The van der Waals surface area contributed by atoms with E-state index in [0.717, 1.165) is 6.54 Å². The molecule has 156 valence electrons. The Balaban J connectivity index is 1.70. The first-order chi connectivity index (χ1) is 14.5. The highest BCUT2D eigenvalue weighted by Crippen LogP contribution is 2.28. The zero-order chi connectivity index (χ0) is 21.5. The third-order valence-electron chi connectivity index (χ3n) is 4.22. The number of hydrogen-bond donors (Lipinski definition) is 2. The minimum absolute atomic E-state index is 0.130. The number of rotatable bonds is 8. The predicted molar refractivity (Wildman–Crippen MR) is 112 cm³/mol. The van der Waals surface area contributed by atoms with Gasteiger partial charge >= 0.3 is 0 Å². The van der Waals surface area contributed by atoms with E-state index in [2.05, 4.69) is 25.6 Å². The van der Waals surface area contributed by atoms with Gasteiger partial charge in [0, 0.05) is 30.4 Å². The zero-order valence-electron chi connectivity index (χ0n) is 17.0. The standard InChI is InChI=1S/C21H23FN6O2/c1-28(2)11-10-23-20(29)14-4-7-16(8-5-14)26-21-25-13-24-19(27-21)17-9-6-15(22)12-18(17)30-3/h4-9,12-13H,10-11H2,1-3H3,(H,23,29)(H,24,25,26,27). The molecule has 9 heteroatoms. The number of carbonyl (C=O) groups excluding carboxylic acids is 1. The summed E-state index contributed by atoms with van der Waals surface area (Å²) in [7, 11) is 5.35. The molecule has 1 aromatic heterocycles. The van der Waals surface area contributed by atoms with E-state index < -0.39 is 5.82 Å². The van der Waals surface area contributed by atoms with Crippen molar-refractivity contribution in [2.45, 2.75) is 0 Å². The number of amides is 1. The quantitative estimate of drug-likeness (QED) is 0.590. The second-order valence-corrected chi connectivity index (χ2v) is 6.74. The van der Waals surface area contributed by atoms with E-state index in [9.17, 15) is 9.18 Å². The topological polar surface area (TPSA) is 92.3 Å². The molecule has 0 saturated carbocycles. The molecule has 1 heterocycles. The molecule has 1 amide bonds. The predicted octanol–water partition coefficient (Wildman–Crippen LogP) is 2.72. The van der Waals surface area contributed by atoms with Gasteiger partial charge in [-0.2, -0.15) is 4.98 Å². The summed E-state index contributed by atoms with van der Waals surface area (Å²) >= 11 is 0. The lowest BCUT2D eigenvalue weighted by Gasteiger charge is -2.11. The number of likely N-dealkylation sites (N-methyl/N-ethyl adjacent to an activating group) is 1. The van der Waals surface area contributed by atoms with Crippen molar-refractivity contribution in [1.82, 2.24) is 25.2 Å². The lowest BCUT2D eigenvalue weighted by Crippen LogP contribution is -2.31. The van der Waals surface area contributed by atoms with Crippen LogP contribution < -0.4 is 15.4 Å². The largest absolute Gasteiger partial charge is 0.496 e. The molecule has 0 radical (unpaired) electrons. The Morgan fingerprint density at radius 1 is 1.13 bits per heavy atom. The molecule has 0 bridgehead atoms. The number of hydrogen-bond acceptors (Lipinski definition) is 7. The van der Waals surface area contributed by atoms with Crippen molar-refractivity contribution in [3.63, 3.8) is 0 Å². The Kier molecular flexibility index (Phi) is 6.87. The molecular formula is C21H23FN6O2. The van der Waals surface area contributed by atoms with Crippen LogP contribution in [-0.2, 0) is 0 Å². The summed E-state index contributed by atoms with van der Waals surface area (Å²) in [5.41, 5.74) is 1.82. The molecule has 0 atom stereocenters. The smallest absolute Gasteiger partial charge is 0.251 e. The molecule has 0 aliphatic heterocycles. The highest BCUT2D eigenvalue weighted by molar-refractivity contribution is 5.94. The minimum Gasteiger partial charge on any atom is -0.496 e. The van der Waals surface area contributed by atoms with Crippen LogP contribution in [0.2, 0.25) is 0 Å². The van der Waals surface area contributed by atoms with Gasteiger partial charge < -0.3 is 20.3 Å². The molecule has 0 spiro atoms. The van der Waals surface area contributed by atoms with E-state index in [0.29, 0.717) is 40.9 Å². The van der Waals surface area contributed by atoms with Gasteiger partial charge in [-0.15, -0.1) is 0 Å².